The highest BCUT2D eigenvalue weighted by atomic mass is 16.5. The lowest BCUT2D eigenvalue weighted by molar-refractivity contribution is 0.0940. The summed E-state index contributed by atoms with van der Waals surface area (Å²) in [6.07, 6.45) is 3.80. The van der Waals surface area contributed by atoms with Gasteiger partial charge in [-0.05, 0) is 86.4 Å². The van der Waals surface area contributed by atoms with Crippen LogP contribution in [0.2, 0.25) is 0 Å². The Bertz CT molecular complexity index is 1770. The van der Waals surface area contributed by atoms with E-state index in [1.807, 2.05) is 85.8 Å². The van der Waals surface area contributed by atoms with Crippen LogP contribution in [0.1, 0.15) is 64.8 Å². The van der Waals surface area contributed by atoms with Crippen LogP contribution >= 0.6 is 0 Å². The van der Waals surface area contributed by atoms with Crippen molar-refractivity contribution < 1.29 is 14.6 Å². The van der Waals surface area contributed by atoms with E-state index < -0.39 is 0 Å². The number of aromatic amines is 1. The van der Waals surface area contributed by atoms with E-state index >= 15 is 0 Å². The monoisotopic (exact) mass is 586 g/mol. The van der Waals surface area contributed by atoms with E-state index in [0.717, 1.165) is 53.1 Å². The van der Waals surface area contributed by atoms with Crippen molar-refractivity contribution >= 4 is 28.2 Å². The van der Waals surface area contributed by atoms with Gasteiger partial charge in [0.05, 0.1) is 30.1 Å². The number of piperidine rings is 1. The molecule has 1 saturated heterocycles. The number of aromatic nitrogens is 1. The zero-order valence-corrected chi connectivity index (χ0v) is 25.2. The third-order valence-electron chi connectivity index (χ3n) is 8.29. The van der Waals surface area contributed by atoms with E-state index in [1.54, 1.807) is 13.2 Å². The number of nitrogens with zero attached hydrogens (tertiary/aromatic N) is 2. The van der Waals surface area contributed by atoms with Gasteiger partial charge in [-0.25, -0.2) is 4.99 Å². The first-order valence-corrected chi connectivity index (χ1v) is 15.2. The fourth-order valence-electron chi connectivity index (χ4n) is 5.90. The highest BCUT2D eigenvalue weighted by Gasteiger charge is 2.21. The van der Waals surface area contributed by atoms with Crippen LogP contribution < -0.4 is 10.1 Å². The molecule has 4 aromatic carbocycles. The molecule has 6 rings (SSSR count). The molecule has 0 saturated carbocycles. The summed E-state index contributed by atoms with van der Waals surface area (Å²) in [6, 6.07) is 31.0. The highest BCUT2D eigenvalue weighted by molar-refractivity contribution is 6.22. The molecule has 5 aromatic rings. The number of rotatable bonds is 9. The lowest BCUT2D eigenvalue weighted by Crippen LogP contribution is -2.28. The summed E-state index contributed by atoms with van der Waals surface area (Å²) in [7, 11) is 1.63. The zero-order valence-electron chi connectivity index (χ0n) is 25.2. The van der Waals surface area contributed by atoms with Gasteiger partial charge < -0.3 is 20.1 Å². The van der Waals surface area contributed by atoms with Crippen molar-refractivity contribution in [3.63, 3.8) is 0 Å². The van der Waals surface area contributed by atoms with E-state index in [2.05, 4.69) is 27.3 Å². The number of fused-ring (bicyclic) bond motifs is 1. The standard InChI is InChI=1S/C37H38N4O3/c1-25(27-14-17-31(44-2)18-15-27)38-36(42)29-16-19-33-32(23-29)34(37(43)40-33)35(28-11-5-3-6-12-28)39-30-13-9-10-26(22-30)24-41-20-7-4-8-21-41/h3,5-6,9-19,22-23,25,40,43H,4,7-8,20-21,24H2,1-2H3,(H,38,42)/t25-/m1/s1. The van der Waals surface area contributed by atoms with Gasteiger partial charge in [-0.15, -0.1) is 0 Å². The Morgan fingerprint density at radius 3 is 2.45 bits per heavy atom. The molecule has 1 amide bonds. The van der Waals surface area contributed by atoms with E-state index in [1.165, 1.54) is 24.8 Å². The van der Waals surface area contributed by atoms with E-state index in [4.69, 9.17) is 9.73 Å². The molecule has 1 aromatic heterocycles. The molecule has 1 aliphatic heterocycles. The average Bonchev–Trinajstić information content (AvgIpc) is 3.39. The van der Waals surface area contributed by atoms with Crippen LogP contribution in [0.4, 0.5) is 5.69 Å². The minimum Gasteiger partial charge on any atom is -0.497 e. The molecule has 0 unspecified atom stereocenters. The van der Waals surface area contributed by atoms with Gasteiger partial charge in [0.25, 0.3) is 5.91 Å². The number of hydrogen-bond acceptors (Lipinski definition) is 5. The third-order valence-corrected chi connectivity index (χ3v) is 8.29. The first-order valence-electron chi connectivity index (χ1n) is 15.2. The minimum atomic E-state index is -0.207. The molecular weight excluding hydrogens is 548 g/mol. The molecule has 2 heterocycles. The fraction of sp³-hybridized carbons (Fsp3) is 0.243. The van der Waals surface area contributed by atoms with Gasteiger partial charge in [-0.3, -0.25) is 9.69 Å². The number of aromatic hydroxyl groups is 1. The molecule has 3 N–H and O–H groups in total. The van der Waals surface area contributed by atoms with Crippen LogP contribution in [0.3, 0.4) is 0 Å². The number of carbonyl (C=O) groups excluding carboxylic acids is 1. The number of amides is 1. The second-order valence-corrected chi connectivity index (χ2v) is 11.4. The maximum atomic E-state index is 13.4. The summed E-state index contributed by atoms with van der Waals surface area (Å²) in [6.45, 7) is 5.10. The molecule has 44 heavy (non-hydrogen) atoms. The van der Waals surface area contributed by atoms with Crippen LogP contribution in [0.5, 0.6) is 11.6 Å². The predicted octanol–water partition coefficient (Wildman–Crippen LogP) is 7.53. The molecule has 1 aliphatic rings. The molecule has 0 radical (unpaired) electrons. The SMILES string of the molecule is COc1ccc([C@@H](C)NC(=O)c2ccc3[nH]c(O)c(C(=Nc4cccc(CN5CCCCC5)c4)c4ccccc4)c3c2)cc1. The smallest absolute Gasteiger partial charge is 0.251 e. The summed E-state index contributed by atoms with van der Waals surface area (Å²) < 4.78 is 5.26. The Morgan fingerprint density at radius 1 is 0.932 bits per heavy atom. The molecule has 1 atom stereocenters. The number of likely N-dealkylation sites (tertiary alicyclic amines) is 1. The lowest BCUT2D eigenvalue weighted by Gasteiger charge is -2.26. The topological polar surface area (TPSA) is 89.9 Å². The van der Waals surface area contributed by atoms with Gasteiger partial charge in [-0.1, -0.05) is 61.0 Å². The van der Waals surface area contributed by atoms with Gasteiger partial charge in [0.2, 0.25) is 0 Å². The molecule has 0 aliphatic carbocycles. The third kappa shape index (κ3) is 6.53. The van der Waals surface area contributed by atoms with Crippen LogP contribution in [0.15, 0.2) is 102 Å². The van der Waals surface area contributed by atoms with Gasteiger partial charge >= 0.3 is 0 Å². The largest absolute Gasteiger partial charge is 0.497 e. The average molecular weight is 587 g/mol. The van der Waals surface area contributed by atoms with Crippen molar-refractivity contribution in [3.05, 3.63) is 125 Å². The van der Waals surface area contributed by atoms with Crippen molar-refractivity contribution in [1.82, 2.24) is 15.2 Å². The van der Waals surface area contributed by atoms with Gasteiger partial charge in [0, 0.05) is 28.6 Å². The Labute approximate surface area is 258 Å². The molecule has 7 nitrogen and oxygen atoms in total. The molecule has 224 valence electrons. The second kappa shape index (κ2) is 13.2. The van der Waals surface area contributed by atoms with Crippen molar-refractivity contribution in [1.29, 1.82) is 0 Å². The maximum Gasteiger partial charge on any atom is 0.251 e. The first kappa shape index (κ1) is 29.2. The second-order valence-electron chi connectivity index (χ2n) is 11.4. The van der Waals surface area contributed by atoms with Gasteiger partial charge in [0.15, 0.2) is 5.88 Å². The number of benzene rings is 4. The van der Waals surface area contributed by atoms with Crippen LogP contribution in [-0.2, 0) is 6.54 Å². The molecule has 0 bridgehead atoms. The number of ether oxygens (including phenoxy) is 1. The highest BCUT2D eigenvalue weighted by Crippen LogP contribution is 2.33. The van der Waals surface area contributed by atoms with E-state index in [-0.39, 0.29) is 17.8 Å². The molecule has 1 fully saturated rings. The summed E-state index contributed by atoms with van der Waals surface area (Å²) >= 11 is 0. The number of methoxy groups -OCH3 is 1. The summed E-state index contributed by atoms with van der Waals surface area (Å²) in [5.41, 5.74) is 6.28. The van der Waals surface area contributed by atoms with Gasteiger partial charge in [-0.2, -0.15) is 0 Å². The van der Waals surface area contributed by atoms with Crippen molar-refractivity contribution in [2.24, 2.45) is 4.99 Å². The van der Waals surface area contributed by atoms with E-state index in [9.17, 15) is 9.90 Å². The van der Waals surface area contributed by atoms with Gasteiger partial charge in [0.1, 0.15) is 5.75 Å². The zero-order chi connectivity index (χ0) is 30.5. The van der Waals surface area contributed by atoms with E-state index in [0.29, 0.717) is 16.8 Å². The van der Waals surface area contributed by atoms with Crippen LogP contribution in [0.25, 0.3) is 10.9 Å². The fourth-order valence-corrected chi connectivity index (χ4v) is 5.90. The number of hydrogen-bond donors (Lipinski definition) is 3. The van der Waals surface area contributed by atoms with Crippen molar-refractivity contribution in [2.75, 3.05) is 20.2 Å². The summed E-state index contributed by atoms with van der Waals surface area (Å²) in [5, 5.41) is 15.0. The summed E-state index contributed by atoms with van der Waals surface area (Å²) in [5.74, 6) is 0.573. The van der Waals surface area contributed by atoms with Crippen molar-refractivity contribution in [3.8, 4) is 11.6 Å². The quantitative estimate of drug-likeness (QED) is 0.156. The van der Waals surface area contributed by atoms with Crippen LogP contribution in [-0.4, -0.2) is 46.8 Å². The summed E-state index contributed by atoms with van der Waals surface area (Å²) in [4.78, 5) is 24.1. The molecular formula is C37H38N4O3. The molecule has 7 heteroatoms. The number of nitrogens with one attached hydrogen (secondary N) is 2. The molecule has 0 spiro atoms. The number of aliphatic imine (C=N–C) groups is 1. The minimum absolute atomic E-state index is 0.0104. The Morgan fingerprint density at radius 2 is 1.70 bits per heavy atom. The van der Waals surface area contributed by atoms with Crippen molar-refractivity contribution in [2.45, 2.75) is 38.8 Å². The Hall–Kier alpha value is -4.88. The maximum absolute atomic E-state index is 13.4. The lowest BCUT2D eigenvalue weighted by atomic mass is 9.99. The number of carbonyl (C=O) groups is 1. The number of H-pyrrole nitrogens is 1. The predicted molar refractivity (Wildman–Crippen MR) is 176 cm³/mol. The Balaban J connectivity index is 1.35. The normalized spacial score (nSPS) is 14.8. The first-order chi connectivity index (χ1) is 21.5. The Kier molecular flexibility index (Phi) is 8.75. The van der Waals surface area contributed by atoms with Crippen LogP contribution in [0, 0.1) is 0 Å².